The number of rotatable bonds is 7. The minimum atomic E-state index is -4.63. The molecular formula is C20H18ClF3N6O2. The number of hydrogen-bond donors (Lipinski definition) is 4. The van der Waals surface area contributed by atoms with Crippen molar-refractivity contribution in [1.29, 1.82) is 0 Å². The van der Waals surface area contributed by atoms with Gasteiger partial charge in [0.05, 0.1) is 29.2 Å². The lowest BCUT2D eigenvalue weighted by molar-refractivity contribution is -0.141. The number of urea groups is 1. The largest absolute Gasteiger partial charge is 0.433 e. The topological polar surface area (TPSA) is 112 Å². The zero-order valence-corrected chi connectivity index (χ0v) is 17.2. The molecule has 2 amide bonds. The molecule has 0 aliphatic rings. The second-order valence-corrected chi connectivity index (χ2v) is 6.92. The first-order valence-corrected chi connectivity index (χ1v) is 9.68. The van der Waals surface area contributed by atoms with Gasteiger partial charge in [-0.2, -0.15) is 13.2 Å². The fraction of sp³-hybridized carbons (Fsp3) is 0.200. The summed E-state index contributed by atoms with van der Waals surface area (Å²) >= 11 is 5.92. The highest BCUT2D eigenvalue weighted by Crippen LogP contribution is 2.31. The number of carbonyl (C=O) groups is 1. The van der Waals surface area contributed by atoms with Crippen molar-refractivity contribution in [3.8, 4) is 11.3 Å². The van der Waals surface area contributed by atoms with E-state index in [0.717, 1.165) is 6.07 Å². The van der Waals surface area contributed by atoms with Gasteiger partial charge in [0.15, 0.2) is 0 Å². The first-order valence-electron chi connectivity index (χ1n) is 9.30. The Morgan fingerprint density at radius 2 is 1.94 bits per heavy atom. The number of carbonyl (C=O) groups excluding carboxylic acids is 1. The summed E-state index contributed by atoms with van der Waals surface area (Å²) < 4.78 is 39.4. The molecule has 0 aliphatic carbocycles. The van der Waals surface area contributed by atoms with Crippen LogP contribution >= 0.6 is 11.6 Å². The Morgan fingerprint density at radius 3 is 2.59 bits per heavy atom. The predicted octanol–water partition coefficient (Wildman–Crippen LogP) is 3.94. The lowest BCUT2D eigenvalue weighted by atomic mass is 10.1. The maximum absolute atomic E-state index is 13.1. The highest BCUT2D eigenvalue weighted by molar-refractivity contribution is 6.30. The van der Waals surface area contributed by atoms with Gasteiger partial charge in [-0.3, -0.25) is 4.98 Å². The first-order chi connectivity index (χ1) is 15.3. The molecular weight excluding hydrogens is 449 g/mol. The minimum Gasteiger partial charge on any atom is -0.395 e. The summed E-state index contributed by atoms with van der Waals surface area (Å²) in [4.78, 5) is 23.9. The zero-order chi connectivity index (χ0) is 23.1. The van der Waals surface area contributed by atoms with Crippen LogP contribution in [0.15, 0.2) is 48.9 Å². The van der Waals surface area contributed by atoms with E-state index in [4.69, 9.17) is 16.7 Å². The lowest BCUT2D eigenvalue weighted by Gasteiger charge is -2.14. The second-order valence-electron chi connectivity index (χ2n) is 6.48. The molecule has 3 rings (SSSR count). The first kappa shape index (κ1) is 23.2. The van der Waals surface area contributed by atoms with E-state index in [1.807, 2.05) is 0 Å². The summed E-state index contributed by atoms with van der Waals surface area (Å²) in [7, 11) is 0. The van der Waals surface area contributed by atoms with Gasteiger partial charge in [-0.15, -0.1) is 0 Å². The second kappa shape index (κ2) is 10.2. The molecule has 8 nitrogen and oxygen atoms in total. The van der Waals surface area contributed by atoms with Gasteiger partial charge in [-0.1, -0.05) is 17.7 Å². The molecule has 0 aliphatic heterocycles. The van der Waals surface area contributed by atoms with Crippen LogP contribution in [0.5, 0.6) is 0 Å². The van der Waals surface area contributed by atoms with Gasteiger partial charge in [-0.25, -0.2) is 14.8 Å². The van der Waals surface area contributed by atoms with Crippen molar-refractivity contribution >= 4 is 29.1 Å². The molecule has 0 unspecified atom stereocenters. The number of hydrogen-bond acceptors (Lipinski definition) is 6. The van der Waals surface area contributed by atoms with Crippen molar-refractivity contribution in [1.82, 2.24) is 20.3 Å². The smallest absolute Gasteiger partial charge is 0.395 e. The number of nitrogens with one attached hydrogen (secondary N) is 3. The Balaban J connectivity index is 1.73. The Kier molecular flexibility index (Phi) is 7.44. The number of amides is 2. The van der Waals surface area contributed by atoms with E-state index in [1.54, 1.807) is 12.1 Å². The molecule has 0 radical (unpaired) electrons. The molecule has 0 saturated heterocycles. The summed E-state index contributed by atoms with van der Waals surface area (Å²) in [6, 6.07) is 6.18. The van der Waals surface area contributed by atoms with Crippen LogP contribution < -0.4 is 16.0 Å². The standard InChI is InChI=1S/C20H18ClF3N6O2/c21-14-7-13(8-25-10-14)18-12(1-3-16(30-18)20(22,23)24)9-28-19(32)29-15-2-4-17(27-11-15)26-5-6-31/h1-4,7-8,10-11,31H,5-6,9H2,(H,26,27)(H2,28,29,32). The van der Waals surface area contributed by atoms with E-state index in [0.29, 0.717) is 23.6 Å². The number of halogens is 4. The molecule has 0 aromatic carbocycles. The lowest BCUT2D eigenvalue weighted by Crippen LogP contribution is -2.28. The molecule has 0 bridgehead atoms. The molecule has 3 aromatic heterocycles. The zero-order valence-electron chi connectivity index (χ0n) is 16.4. The third kappa shape index (κ3) is 6.28. The third-order valence-corrected chi connectivity index (χ3v) is 4.33. The molecule has 0 saturated carbocycles. The fourth-order valence-electron chi connectivity index (χ4n) is 2.69. The fourth-order valence-corrected chi connectivity index (χ4v) is 2.86. The van der Waals surface area contributed by atoms with Gasteiger partial charge < -0.3 is 21.1 Å². The van der Waals surface area contributed by atoms with E-state index in [9.17, 15) is 18.0 Å². The van der Waals surface area contributed by atoms with E-state index in [1.165, 1.54) is 30.7 Å². The van der Waals surface area contributed by atoms with Crippen LogP contribution in [0.4, 0.5) is 29.5 Å². The normalized spacial score (nSPS) is 11.2. The predicted molar refractivity (Wildman–Crippen MR) is 113 cm³/mol. The van der Waals surface area contributed by atoms with Gasteiger partial charge in [-0.05, 0) is 29.8 Å². The maximum atomic E-state index is 13.1. The van der Waals surface area contributed by atoms with Crippen LogP contribution in [0, 0.1) is 0 Å². The Morgan fingerprint density at radius 1 is 1.12 bits per heavy atom. The number of aliphatic hydroxyl groups is 1. The maximum Gasteiger partial charge on any atom is 0.433 e. The number of aromatic nitrogens is 3. The summed E-state index contributed by atoms with van der Waals surface area (Å²) in [5, 5.41) is 17.1. The van der Waals surface area contributed by atoms with Gasteiger partial charge in [0, 0.05) is 31.0 Å². The average molecular weight is 467 g/mol. The molecule has 0 fully saturated rings. The van der Waals surface area contributed by atoms with Crippen LogP contribution in [0.1, 0.15) is 11.3 Å². The highest BCUT2D eigenvalue weighted by atomic mass is 35.5. The molecule has 0 atom stereocenters. The number of aliphatic hydroxyl groups excluding tert-OH is 1. The Bertz CT molecular complexity index is 1080. The van der Waals surface area contributed by atoms with Gasteiger partial charge >= 0.3 is 12.2 Å². The molecule has 3 aromatic rings. The van der Waals surface area contributed by atoms with Crippen molar-refractivity contribution in [2.45, 2.75) is 12.7 Å². The summed E-state index contributed by atoms with van der Waals surface area (Å²) in [5.74, 6) is 0.528. The number of nitrogens with zero attached hydrogens (tertiary/aromatic N) is 3. The summed E-state index contributed by atoms with van der Waals surface area (Å²) in [6.45, 7) is 0.199. The molecule has 12 heteroatoms. The van der Waals surface area contributed by atoms with Crippen molar-refractivity contribution in [3.63, 3.8) is 0 Å². The number of alkyl halides is 3. The van der Waals surface area contributed by atoms with Gasteiger partial charge in [0.2, 0.25) is 0 Å². The molecule has 4 N–H and O–H groups in total. The SMILES string of the molecule is O=C(NCc1ccc(C(F)(F)F)nc1-c1cncc(Cl)c1)Nc1ccc(NCCO)nc1. The molecule has 32 heavy (non-hydrogen) atoms. The Hall–Kier alpha value is -3.44. The molecule has 168 valence electrons. The summed E-state index contributed by atoms with van der Waals surface area (Å²) in [5.41, 5.74) is -0.0190. The number of pyridine rings is 3. The van der Waals surface area contributed by atoms with Crippen molar-refractivity contribution in [3.05, 3.63) is 65.2 Å². The Labute approximate surface area is 185 Å². The van der Waals surface area contributed by atoms with Crippen LogP contribution in [-0.2, 0) is 12.7 Å². The van der Waals surface area contributed by atoms with Gasteiger partial charge in [0.25, 0.3) is 0 Å². The minimum absolute atomic E-state index is 0.0103. The van der Waals surface area contributed by atoms with E-state index in [-0.39, 0.29) is 29.4 Å². The van der Waals surface area contributed by atoms with Crippen LogP contribution in [0.2, 0.25) is 5.02 Å². The van der Waals surface area contributed by atoms with Gasteiger partial charge in [0.1, 0.15) is 11.5 Å². The van der Waals surface area contributed by atoms with Crippen LogP contribution in [0.25, 0.3) is 11.3 Å². The van der Waals surface area contributed by atoms with E-state index < -0.39 is 17.9 Å². The van der Waals surface area contributed by atoms with Crippen molar-refractivity contribution < 1.29 is 23.1 Å². The van der Waals surface area contributed by atoms with E-state index >= 15 is 0 Å². The number of anilines is 2. The molecule has 3 heterocycles. The van der Waals surface area contributed by atoms with Crippen molar-refractivity contribution in [2.24, 2.45) is 0 Å². The quantitative estimate of drug-likeness (QED) is 0.419. The van der Waals surface area contributed by atoms with Crippen LogP contribution in [0.3, 0.4) is 0 Å². The monoisotopic (exact) mass is 466 g/mol. The molecule has 0 spiro atoms. The van der Waals surface area contributed by atoms with E-state index in [2.05, 4.69) is 30.9 Å². The van der Waals surface area contributed by atoms with Crippen LogP contribution in [-0.4, -0.2) is 39.2 Å². The average Bonchev–Trinajstić information content (AvgIpc) is 2.76. The third-order valence-electron chi connectivity index (χ3n) is 4.13. The summed E-state index contributed by atoms with van der Waals surface area (Å²) in [6.07, 6.45) is -0.518. The van der Waals surface area contributed by atoms with Crippen molar-refractivity contribution in [2.75, 3.05) is 23.8 Å². The highest BCUT2D eigenvalue weighted by Gasteiger charge is 2.33.